The van der Waals surface area contributed by atoms with Crippen LogP contribution in [0.15, 0.2) is 23.1 Å². The Morgan fingerprint density at radius 2 is 1.87 bits per heavy atom. The molecule has 0 aliphatic heterocycles. The predicted octanol–water partition coefficient (Wildman–Crippen LogP) is 1.15. The highest BCUT2D eigenvalue weighted by Crippen LogP contribution is 2.22. The lowest BCUT2D eigenvalue weighted by atomic mass is 10.2. The smallest absolute Gasteiger partial charge is 0.255 e. The minimum atomic E-state index is -3.76. The third kappa shape index (κ3) is 5.49. The van der Waals surface area contributed by atoms with Gasteiger partial charge in [-0.3, -0.25) is 4.79 Å². The summed E-state index contributed by atoms with van der Waals surface area (Å²) < 4.78 is 37.3. The fourth-order valence-corrected chi connectivity index (χ4v) is 3.24. The van der Waals surface area contributed by atoms with Crippen molar-refractivity contribution >= 4 is 15.9 Å². The quantitative estimate of drug-likeness (QED) is 0.738. The molecular weight excluding hydrogens is 320 g/mol. The first kappa shape index (κ1) is 19.4. The van der Waals surface area contributed by atoms with Crippen molar-refractivity contribution in [2.45, 2.75) is 37.8 Å². The number of amides is 1. The van der Waals surface area contributed by atoms with Gasteiger partial charge in [0.05, 0.1) is 24.2 Å². The zero-order chi connectivity index (χ0) is 17.6. The minimum Gasteiger partial charge on any atom is -0.496 e. The molecule has 8 heteroatoms. The molecule has 0 bridgehead atoms. The molecule has 1 aromatic carbocycles. The largest absolute Gasteiger partial charge is 0.496 e. The van der Waals surface area contributed by atoms with Crippen molar-refractivity contribution in [1.29, 1.82) is 0 Å². The molecule has 0 saturated carbocycles. The van der Waals surface area contributed by atoms with Gasteiger partial charge < -0.3 is 14.8 Å². The maximum atomic E-state index is 12.4. The van der Waals surface area contributed by atoms with Crippen molar-refractivity contribution in [3.8, 4) is 5.75 Å². The fraction of sp³-hybridized carbons (Fsp3) is 0.533. The lowest BCUT2D eigenvalue weighted by molar-refractivity contribution is 0.0940. The molecule has 1 atom stereocenters. The topological polar surface area (TPSA) is 93.7 Å². The molecular formula is C15H24N2O5S. The first-order chi connectivity index (χ1) is 10.7. The van der Waals surface area contributed by atoms with E-state index in [2.05, 4.69) is 10.0 Å². The Kier molecular flexibility index (Phi) is 6.99. The molecule has 23 heavy (non-hydrogen) atoms. The van der Waals surface area contributed by atoms with E-state index in [-0.39, 0.29) is 35.1 Å². The number of hydrogen-bond acceptors (Lipinski definition) is 5. The molecule has 0 heterocycles. The Hall–Kier alpha value is -1.64. The number of carbonyl (C=O) groups excluding carboxylic acids is 1. The number of rotatable bonds is 8. The molecule has 0 aromatic heterocycles. The van der Waals surface area contributed by atoms with E-state index in [9.17, 15) is 13.2 Å². The number of nitrogens with one attached hydrogen (secondary N) is 2. The van der Waals surface area contributed by atoms with Crippen LogP contribution < -0.4 is 14.8 Å². The van der Waals surface area contributed by atoms with E-state index in [1.165, 1.54) is 32.4 Å². The van der Waals surface area contributed by atoms with Crippen molar-refractivity contribution < 1.29 is 22.7 Å². The van der Waals surface area contributed by atoms with Crippen molar-refractivity contribution in [3.63, 3.8) is 0 Å². The zero-order valence-electron chi connectivity index (χ0n) is 14.0. The van der Waals surface area contributed by atoms with E-state index >= 15 is 0 Å². The van der Waals surface area contributed by atoms with Gasteiger partial charge in [0.15, 0.2) is 0 Å². The second-order valence-corrected chi connectivity index (χ2v) is 7.18. The number of hydrogen-bond donors (Lipinski definition) is 2. The van der Waals surface area contributed by atoms with Gasteiger partial charge in [0.1, 0.15) is 5.75 Å². The molecule has 130 valence electrons. The molecule has 0 spiro atoms. The number of ether oxygens (including phenoxy) is 2. The van der Waals surface area contributed by atoms with E-state index in [4.69, 9.17) is 9.47 Å². The highest BCUT2D eigenvalue weighted by molar-refractivity contribution is 7.89. The van der Waals surface area contributed by atoms with Gasteiger partial charge in [0.25, 0.3) is 5.91 Å². The van der Waals surface area contributed by atoms with Gasteiger partial charge >= 0.3 is 0 Å². The van der Waals surface area contributed by atoms with Gasteiger partial charge in [-0.15, -0.1) is 0 Å². The van der Waals surface area contributed by atoms with Gasteiger partial charge in [-0.05, 0) is 39.0 Å². The third-order valence-electron chi connectivity index (χ3n) is 2.92. The lowest BCUT2D eigenvalue weighted by Crippen LogP contribution is -2.36. The van der Waals surface area contributed by atoms with Crippen LogP contribution in [0.5, 0.6) is 5.75 Å². The Morgan fingerprint density at radius 3 is 2.39 bits per heavy atom. The van der Waals surface area contributed by atoms with Crippen LogP contribution in [0.2, 0.25) is 0 Å². The summed E-state index contributed by atoms with van der Waals surface area (Å²) in [5.74, 6) is -0.0779. The molecule has 1 rings (SSSR count). The van der Waals surface area contributed by atoms with Crippen LogP contribution in [0, 0.1) is 0 Å². The summed E-state index contributed by atoms with van der Waals surface area (Å²) in [7, 11) is -0.839. The number of benzene rings is 1. The van der Waals surface area contributed by atoms with Crippen molar-refractivity contribution in [2.75, 3.05) is 20.8 Å². The maximum Gasteiger partial charge on any atom is 0.255 e. The van der Waals surface area contributed by atoms with Crippen LogP contribution in [-0.2, 0) is 14.8 Å². The van der Waals surface area contributed by atoms with Gasteiger partial charge in [-0.25, -0.2) is 13.1 Å². The summed E-state index contributed by atoms with van der Waals surface area (Å²) in [6, 6.07) is 3.70. The SMILES string of the molecule is COC[C@H](C)NS(=O)(=O)c1ccc(OC)c(C(=O)NC(C)C)c1. The number of methoxy groups -OCH3 is 2. The predicted molar refractivity (Wildman–Crippen MR) is 87.3 cm³/mol. The highest BCUT2D eigenvalue weighted by atomic mass is 32.2. The zero-order valence-corrected chi connectivity index (χ0v) is 14.9. The molecule has 0 saturated heterocycles. The fourth-order valence-electron chi connectivity index (χ4n) is 1.99. The summed E-state index contributed by atoms with van der Waals surface area (Å²) in [6.07, 6.45) is 0. The van der Waals surface area contributed by atoms with Crippen molar-refractivity contribution in [2.24, 2.45) is 0 Å². The summed E-state index contributed by atoms with van der Waals surface area (Å²) in [5.41, 5.74) is 0.170. The molecule has 0 aliphatic rings. The molecule has 0 radical (unpaired) electrons. The van der Waals surface area contributed by atoms with Crippen LogP contribution in [0.25, 0.3) is 0 Å². The van der Waals surface area contributed by atoms with Gasteiger partial charge in [0, 0.05) is 19.2 Å². The van der Waals surface area contributed by atoms with Gasteiger partial charge in [-0.2, -0.15) is 0 Å². The van der Waals surface area contributed by atoms with E-state index in [1.54, 1.807) is 6.92 Å². The summed E-state index contributed by atoms with van der Waals surface area (Å²) >= 11 is 0. The second kappa shape index (κ2) is 8.28. The molecule has 0 unspecified atom stereocenters. The standard InChI is InChI=1S/C15H24N2O5S/c1-10(2)16-15(18)13-8-12(6-7-14(13)22-5)23(19,20)17-11(3)9-21-4/h6-8,10-11,17H,9H2,1-5H3,(H,16,18)/t11-/m0/s1. The monoisotopic (exact) mass is 344 g/mol. The number of carbonyl (C=O) groups is 1. The molecule has 7 nitrogen and oxygen atoms in total. The average molecular weight is 344 g/mol. The van der Waals surface area contributed by atoms with E-state index < -0.39 is 10.0 Å². The van der Waals surface area contributed by atoms with Crippen LogP contribution in [0.1, 0.15) is 31.1 Å². The molecule has 2 N–H and O–H groups in total. The summed E-state index contributed by atoms with van der Waals surface area (Å²) in [6.45, 7) is 5.57. The van der Waals surface area contributed by atoms with Gasteiger partial charge in [0.2, 0.25) is 10.0 Å². The summed E-state index contributed by atoms with van der Waals surface area (Å²) in [5, 5.41) is 2.72. The van der Waals surface area contributed by atoms with E-state index in [0.29, 0.717) is 5.75 Å². The molecule has 1 aromatic rings. The van der Waals surface area contributed by atoms with Gasteiger partial charge in [-0.1, -0.05) is 0 Å². The first-order valence-corrected chi connectivity index (χ1v) is 8.69. The Balaban J connectivity index is 3.16. The third-order valence-corrected chi connectivity index (χ3v) is 4.51. The number of sulfonamides is 1. The minimum absolute atomic E-state index is 0.00448. The Morgan fingerprint density at radius 1 is 1.22 bits per heavy atom. The Bertz CT molecular complexity index is 643. The Labute approximate surface area is 137 Å². The maximum absolute atomic E-state index is 12.4. The second-order valence-electron chi connectivity index (χ2n) is 5.47. The van der Waals surface area contributed by atoms with E-state index in [0.717, 1.165) is 0 Å². The van der Waals surface area contributed by atoms with Crippen molar-refractivity contribution in [3.05, 3.63) is 23.8 Å². The average Bonchev–Trinajstić information content (AvgIpc) is 2.45. The molecule has 0 aliphatic carbocycles. The lowest BCUT2D eigenvalue weighted by Gasteiger charge is -2.15. The summed E-state index contributed by atoms with van der Waals surface area (Å²) in [4.78, 5) is 12.2. The molecule has 0 fully saturated rings. The normalized spacial score (nSPS) is 13.0. The van der Waals surface area contributed by atoms with Crippen LogP contribution in [0.3, 0.4) is 0 Å². The van der Waals surface area contributed by atoms with Crippen LogP contribution in [0.4, 0.5) is 0 Å². The van der Waals surface area contributed by atoms with Crippen LogP contribution >= 0.6 is 0 Å². The molecule has 1 amide bonds. The first-order valence-electron chi connectivity index (χ1n) is 7.21. The van der Waals surface area contributed by atoms with E-state index in [1.807, 2.05) is 13.8 Å². The highest BCUT2D eigenvalue weighted by Gasteiger charge is 2.21. The van der Waals surface area contributed by atoms with Crippen LogP contribution in [-0.4, -0.2) is 47.2 Å². The van der Waals surface area contributed by atoms with Crippen molar-refractivity contribution in [1.82, 2.24) is 10.0 Å².